The van der Waals surface area contributed by atoms with Gasteiger partial charge in [-0.2, -0.15) is 0 Å². The normalized spacial score (nSPS) is 14.6. The number of nitrogens with zero attached hydrogens (tertiary/aromatic N) is 1. The number of anilines is 2. The van der Waals surface area contributed by atoms with E-state index >= 15 is 0 Å². The molecular formula is C23H30N4O2. The minimum Gasteiger partial charge on any atom is -0.376 e. The molecule has 0 aliphatic heterocycles. The van der Waals surface area contributed by atoms with Gasteiger partial charge in [-0.25, -0.2) is 0 Å². The van der Waals surface area contributed by atoms with Gasteiger partial charge in [0.15, 0.2) is 0 Å². The molecule has 4 N–H and O–H groups in total. The number of benzene rings is 2. The van der Waals surface area contributed by atoms with Gasteiger partial charge in [0.2, 0.25) is 11.8 Å². The molecule has 0 bridgehead atoms. The van der Waals surface area contributed by atoms with Crippen LogP contribution in [-0.2, 0) is 11.3 Å². The predicted octanol–water partition coefficient (Wildman–Crippen LogP) is 3.60. The number of carbonyl (C=O) groups excluding carboxylic acids is 2. The maximum absolute atomic E-state index is 12.3. The quantitative estimate of drug-likeness (QED) is 0.638. The van der Waals surface area contributed by atoms with Crippen molar-refractivity contribution in [2.45, 2.75) is 44.7 Å². The van der Waals surface area contributed by atoms with Crippen molar-refractivity contribution in [3.05, 3.63) is 59.7 Å². The highest BCUT2D eigenvalue weighted by Crippen LogP contribution is 2.24. The number of amides is 2. The summed E-state index contributed by atoms with van der Waals surface area (Å²) < 4.78 is 0. The van der Waals surface area contributed by atoms with E-state index in [0.29, 0.717) is 17.3 Å². The van der Waals surface area contributed by atoms with Gasteiger partial charge >= 0.3 is 0 Å². The number of primary amides is 1. The third kappa shape index (κ3) is 6.06. The van der Waals surface area contributed by atoms with Gasteiger partial charge in [0, 0.05) is 29.5 Å². The Labute approximate surface area is 172 Å². The van der Waals surface area contributed by atoms with E-state index in [-0.39, 0.29) is 12.5 Å². The van der Waals surface area contributed by atoms with Crippen molar-refractivity contribution in [2.24, 2.45) is 5.73 Å². The molecular weight excluding hydrogens is 364 g/mol. The van der Waals surface area contributed by atoms with Gasteiger partial charge in [0.25, 0.3) is 0 Å². The third-order valence-electron chi connectivity index (χ3n) is 5.53. The van der Waals surface area contributed by atoms with E-state index in [9.17, 15) is 9.59 Å². The van der Waals surface area contributed by atoms with Gasteiger partial charge in [-0.05, 0) is 55.8 Å². The average molecular weight is 395 g/mol. The Morgan fingerprint density at radius 3 is 2.41 bits per heavy atom. The van der Waals surface area contributed by atoms with Gasteiger partial charge in [0.05, 0.1) is 6.54 Å². The molecule has 0 heterocycles. The summed E-state index contributed by atoms with van der Waals surface area (Å²) in [5.41, 5.74) is 8.45. The molecule has 3 rings (SSSR count). The fraction of sp³-hybridized carbons (Fsp3) is 0.391. The summed E-state index contributed by atoms with van der Waals surface area (Å²) in [6.45, 7) is 1.03. The third-order valence-corrected chi connectivity index (χ3v) is 5.53. The molecule has 0 spiro atoms. The summed E-state index contributed by atoms with van der Waals surface area (Å²) >= 11 is 0. The molecule has 2 amide bonds. The molecule has 2 aromatic rings. The number of carbonyl (C=O) groups is 2. The molecule has 29 heavy (non-hydrogen) atoms. The standard InChI is InChI=1S/C23H30N4O2/c1-27(20-8-3-2-4-9-20)16-18-7-5-6-10-21(18)25-15-22(28)26-19-13-11-17(12-14-19)23(24)29/h5-7,10-14,20,25H,2-4,8-9,15-16H2,1H3,(H2,24,29)(H,26,28). The number of rotatable bonds is 8. The maximum Gasteiger partial charge on any atom is 0.248 e. The SMILES string of the molecule is CN(Cc1ccccc1NCC(=O)Nc1ccc(C(N)=O)cc1)C1CCCCC1. The first kappa shape index (κ1) is 20.9. The van der Waals surface area contributed by atoms with Crippen LogP contribution in [0.25, 0.3) is 0 Å². The van der Waals surface area contributed by atoms with Crippen LogP contribution in [0.5, 0.6) is 0 Å². The zero-order chi connectivity index (χ0) is 20.6. The van der Waals surface area contributed by atoms with Gasteiger partial charge in [-0.1, -0.05) is 37.5 Å². The van der Waals surface area contributed by atoms with Crippen molar-refractivity contribution in [1.29, 1.82) is 0 Å². The summed E-state index contributed by atoms with van der Waals surface area (Å²) in [6.07, 6.45) is 6.51. The van der Waals surface area contributed by atoms with Crippen molar-refractivity contribution >= 4 is 23.2 Å². The second-order valence-electron chi connectivity index (χ2n) is 7.71. The van der Waals surface area contributed by atoms with E-state index in [1.807, 2.05) is 18.2 Å². The highest BCUT2D eigenvalue weighted by Gasteiger charge is 2.18. The second-order valence-corrected chi connectivity index (χ2v) is 7.71. The van der Waals surface area contributed by atoms with Crippen LogP contribution in [0.1, 0.15) is 48.0 Å². The lowest BCUT2D eigenvalue weighted by molar-refractivity contribution is -0.114. The fourth-order valence-corrected chi connectivity index (χ4v) is 3.85. The molecule has 0 aromatic heterocycles. The molecule has 1 aliphatic carbocycles. The van der Waals surface area contributed by atoms with Crippen molar-refractivity contribution < 1.29 is 9.59 Å². The van der Waals surface area contributed by atoms with Gasteiger partial charge in [-0.3, -0.25) is 14.5 Å². The van der Waals surface area contributed by atoms with Crippen molar-refractivity contribution in [3.63, 3.8) is 0 Å². The van der Waals surface area contributed by atoms with E-state index in [0.717, 1.165) is 12.2 Å². The van der Waals surface area contributed by atoms with E-state index < -0.39 is 5.91 Å². The molecule has 0 saturated heterocycles. The second kappa shape index (κ2) is 10.1. The average Bonchev–Trinajstić information content (AvgIpc) is 2.74. The Hall–Kier alpha value is -2.86. The first-order valence-corrected chi connectivity index (χ1v) is 10.2. The maximum atomic E-state index is 12.3. The topological polar surface area (TPSA) is 87.5 Å². The van der Waals surface area contributed by atoms with E-state index in [4.69, 9.17) is 5.73 Å². The van der Waals surface area contributed by atoms with E-state index in [2.05, 4.69) is 28.6 Å². The highest BCUT2D eigenvalue weighted by atomic mass is 16.2. The van der Waals surface area contributed by atoms with Crippen LogP contribution in [0.4, 0.5) is 11.4 Å². The van der Waals surface area contributed by atoms with Crippen molar-refractivity contribution in [2.75, 3.05) is 24.2 Å². The van der Waals surface area contributed by atoms with Crippen LogP contribution in [0.3, 0.4) is 0 Å². The lowest BCUT2D eigenvalue weighted by atomic mass is 9.94. The number of para-hydroxylation sites is 1. The van der Waals surface area contributed by atoms with Gasteiger partial charge < -0.3 is 16.4 Å². The minimum absolute atomic E-state index is 0.146. The summed E-state index contributed by atoms with van der Waals surface area (Å²) in [7, 11) is 2.19. The van der Waals surface area contributed by atoms with Crippen LogP contribution >= 0.6 is 0 Å². The first-order valence-electron chi connectivity index (χ1n) is 10.2. The summed E-state index contributed by atoms with van der Waals surface area (Å²) in [5.74, 6) is -0.633. The van der Waals surface area contributed by atoms with Gasteiger partial charge in [0.1, 0.15) is 0 Å². The number of hydrogen-bond donors (Lipinski definition) is 3. The molecule has 6 heteroatoms. The highest BCUT2D eigenvalue weighted by molar-refractivity contribution is 5.96. The zero-order valence-corrected chi connectivity index (χ0v) is 17.0. The summed E-state index contributed by atoms with van der Waals surface area (Å²) in [5, 5.41) is 6.08. The molecule has 154 valence electrons. The number of nitrogens with one attached hydrogen (secondary N) is 2. The fourth-order valence-electron chi connectivity index (χ4n) is 3.85. The largest absolute Gasteiger partial charge is 0.376 e. The van der Waals surface area contributed by atoms with E-state index in [1.165, 1.54) is 37.7 Å². The number of hydrogen-bond acceptors (Lipinski definition) is 4. The lowest BCUT2D eigenvalue weighted by Gasteiger charge is -2.31. The van der Waals surface area contributed by atoms with Crippen molar-refractivity contribution in [3.8, 4) is 0 Å². The molecule has 0 atom stereocenters. The lowest BCUT2D eigenvalue weighted by Crippen LogP contribution is -2.33. The molecule has 1 saturated carbocycles. The van der Waals surface area contributed by atoms with Crippen LogP contribution in [0.2, 0.25) is 0 Å². The van der Waals surface area contributed by atoms with Crippen LogP contribution < -0.4 is 16.4 Å². The molecule has 0 unspecified atom stereocenters. The Bertz CT molecular complexity index is 829. The molecule has 6 nitrogen and oxygen atoms in total. The minimum atomic E-state index is -0.487. The van der Waals surface area contributed by atoms with Crippen LogP contribution in [0.15, 0.2) is 48.5 Å². The Morgan fingerprint density at radius 2 is 1.72 bits per heavy atom. The first-order chi connectivity index (χ1) is 14.0. The van der Waals surface area contributed by atoms with Gasteiger partial charge in [-0.15, -0.1) is 0 Å². The summed E-state index contributed by atoms with van der Waals surface area (Å²) in [6, 6.07) is 15.3. The Balaban J connectivity index is 1.54. The van der Waals surface area contributed by atoms with E-state index in [1.54, 1.807) is 24.3 Å². The molecule has 2 aromatic carbocycles. The molecule has 1 fully saturated rings. The molecule has 0 radical (unpaired) electrons. The number of nitrogens with two attached hydrogens (primary N) is 1. The monoisotopic (exact) mass is 394 g/mol. The zero-order valence-electron chi connectivity index (χ0n) is 17.0. The predicted molar refractivity (Wildman–Crippen MR) is 117 cm³/mol. The molecule has 1 aliphatic rings. The van der Waals surface area contributed by atoms with Crippen LogP contribution in [-0.4, -0.2) is 36.3 Å². The Kier molecular flexibility index (Phi) is 7.25. The van der Waals surface area contributed by atoms with Crippen molar-refractivity contribution in [1.82, 2.24) is 4.90 Å². The summed E-state index contributed by atoms with van der Waals surface area (Å²) in [4.78, 5) is 25.9. The smallest absolute Gasteiger partial charge is 0.248 e. The Morgan fingerprint density at radius 1 is 1.03 bits per heavy atom. The van der Waals surface area contributed by atoms with Crippen LogP contribution in [0, 0.1) is 0 Å².